The second-order valence-electron chi connectivity index (χ2n) is 6.62. The molecule has 0 aliphatic heterocycles. The van der Waals surface area contributed by atoms with Crippen LogP contribution in [0.5, 0.6) is 0 Å². The summed E-state index contributed by atoms with van der Waals surface area (Å²) < 4.78 is 106. The van der Waals surface area contributed by atoms with Crippen LogP contribution in [0.3, 0.4) is 0 Å². The van der Waals surface area contributed by atoms with Crippen molar-refractivity contribution in [1.82, 2.24) is 23.6 Å². The number of hydrogen-bond acceptors (Lipinski definition) is 5. The molecule has 4 aromatic rings. The van der Waals surface area contributed by atoms with Crippen molar-refractivity contribution in [2.75, 3.05) is 5.75 Å². The van der Waals surface area contributed by atoms with Gasteiger partial charge in [-0.3, -0.25) is 13.8 Å². The molecule has 4 heterocycles. The van der Waals surface area contributed by atoms with E-state index < -0.39 is 66.8 Å². The summed E-state index contributed by atoms with van der Waals surface area (Å²) in [7, 11) is -4.14. The molecule has 0 unspecified atom stereocenters. The molecule has 0 aliphatic carbocycles. The molecule has 0 amide bonds. The molecule has 0 saturated heterocycles. The van der Waals surface area contributed by atoms with E-state index in [1.807, 2.05) is 0 Å². The van der Waals surface area contributed by atoms with Crippen molar-refractivity contribution < 1.29 is 34.8 Å². The van der Waals surface area contributed by atoms with Crippen molar-refractivity contribution >= 4 is 21.0 Å². The Labute approximate surface area is 174 Å². The molecule has 0 spiro atoms. The van der Waals surface area contributed by atoms with Gasteiger partial charge in [0.25, 0.3) is 5.56 Å². The van der Waals surface area contributed by atoms with Crippen LogP contribution in [0.25, 0.3) is 17.0 Å². The molecule has 0 saturated carbocycles. The van der Waals surface area contributed by atoms with Gasteiger partial charge in [0.2, 0.25) is 0 Å². The Hall–Kier alpha value is -3.36. The Kier molecular flexibility index (Phi) is 4.66. The fourth-order valence-corrected chi connectivity index (χ4v) is 4.21. The molecule has 8 nitrogen and oxygen atoms in total. The van der Waals surface area contributed by atoms with E-state index in [-0.39, 0.29) is 0 Å². The van der Waals surface area contributed by atoms with E-state index in [1.165, 1.54) is 6.92 Å². The van der Waals surface area contributed by atoms with Crippen LogP contribution in [-0.2, 0) is 22.2 Å². The van der Waals surface area contributed by atoms with Crippen molar-refractivity contribution in [3.8, 4) is 5.82 Å². The number of halogens is 6. The maximum atomic E-state index is 13.1. The number of aromatic nitrogens is 5. The maximum absolute atomic E-state index is 13.1. The average Bonchev–Trinajstić information content (AvgIpc) is 3.29. The molecule has 32 heavy (non-hydrogen) atoms. The lowest BCUT2D eigenvalue weighted by atomic mass is 10.2. The molecule has 0 N–H and O–H groups in total. The van der Waals surface area contributed by atoms with Crippen LogP contribution < -0.4 is 5.56 Å². The summed E-state index contributed by atoms with van der Waals surface area (Å²) in [6.07, 6.45) is -6.82. The second kappa shape index (κ2) is 6.82. The smallest absolute Gasteiger partial charge is 0.289 e. The number of rotatable bonds is 3. The van der Waals surface area contributed by atoms with Crippen LogP contribution in [0.2, 0.25) is 0 Å². The number of alkyl halides is 6. The van der Waals surface area contributed by atoms with E-state index in [1.54, 1.807) is 0 Å². The lowest BCUT2D eigenvalue weighted by molar-refractivity contribution is -0.141. The molecule has 0 atom stereocenters. The minimum Gasteiger partial charge on any atom is -0.289 e. The normalized spacial score (nSPS) is 13.3. The van der Waals surface area contributed by atoms with Gasteiger partial charge < -0.3 is 0 Å². The standard InChI is InChI=1S/C17H11F6N5O3S/c1-2-32(30,31)15-13(24-12-7-9(16(18,19)20)3-4-26(12)15)27-5-6-28-10(14(27)29)8-11(25-28)17(21,22)23/h3-8H,2H2,1H3. The molecule has 0 bridgehead atoms. The van der Waals surface area contributed by atoms with Gasteiger partial charge in [-0.2, -0.15) is 31.4 Å². The van der Waals surface area contributed by atoms with Gasteiger partial charge in [-0.1, -0.05) is 6.92 Å². The van der Waals surface area contributed by atoms with Crippen LogP contribution >= 0.6 is 0 Å². The van der Waals surface area contributed by atoms with Gasteiger partial charge in [0.05, 0.1) is 11.3 Å². The van der Waals surface area contributed by atoms with E-state index >= 15 is 0 Å². The summed E-state index contributed by atoms with van der Waals surface area (Å²) in [4.78, 5) is 16.7. The molecular formula is C17H11F6N5O3S. The molecular weight excluding hydrogens is 468 g/mol. The Balaban J connectivity index is 2.05. The van der Waals surface area contributed by atoms with Crippen LogP contribution in [-0.4, -0.2) is 37.7 Å². The van der Waals surface area contributed by atoms with Crippen molar-refractivity contribution in [3.05, 3.63) is 58.4 Å². The number of pyridine rings is 1. The molecule has 170 valence electrons. The van der Waals surface area contributed by atoms with Gasteiger partial charge in [-0.15, -0.1) is 0 Å². The predicted molar refractivity (Wildman–Crippen MR) is 97.3 cm³/mol. The lowest BCUT2D eigenvalue weighted by Crippen LogP contribution is -2.22. The Bertz CT molecular complexity index is 1530. The number of sulfone groups is 1. The fourth-order valence-electron chi connectivity index (χ4n) is 3.06. The fraction of sp³-hybridized carbons (Fsp3) is 0.235. The first-order chi connectivity index (χ1) is 14.7. The zero-order chi connectivity index (χ0) is 23.6. The third kappa shape index (κ3) is 3.41. The highest BCUT2D eigenvalue weighted by molar-refractivity contribution is 7.91. The molecule has 0 radical (unpaired) electrons. The van der Waals surface area contributed by atoms with Crippen LogP contribution in [0, 0.1) is 0 Å². The number of imidazole rings is 1. The van der Waals surface area contributed by atoms with E-state index in [9.17, 15) is 39.6 Å². The number of nitrogens with zero attached hydrogens (tertiary/aromatic N) is 5. The Morgan fingerprint density at radius 1 is 1.00 bits per heavy atom. The Morgan fingerprint density at radius 3 is 2.28 bits per heavy atom. The molecule has 4 rings (SSSR count). The molecule has 0 aromatic carbocycles. The summed E-state index contributed by atoms with van der Waals surface area (Å²) in [6.45, 7) is 1.28. The van der Waals surface area contributed by atoms with Gasteiger partial charge in [-0.25, -0.2) is 17.9 Å². The summed E-state index contributed by atoms with van der Waals surface area (Å²) in [6, 6.07) is 1.72. The van der Waals surface area contributed by atoms with Gasteiger partial charge in [0.1, 0.15) is 11.2 Å². The molecule has 4 aromatic heterocycles. The first kappa shape index (κ1) is 21.9. The van der Waals surface area contributed by atoms with Gasteiger partial charge in [0, 0.05) is 24.7 Å². The largest absolute Gasteiger partial charge is 0.435 e. The summed E-state index contributed by atoms with van der Waals surface area (Å²) in [5.41, 5.74) is -4.50. The third-order valence-corrected chi connectivity index (χ3v) is 6.34. The van der Waals surface area contributed by atoms with Crippen molar-refractivity contribution in [2.24, 2.45) is 0 Å². The highest BCUT2D eigenvalue weighted by Crippen LogP contribution is 2.32. The second-order valence-corrected chi connectivity index (χ2v) is 8.81. The van der Waals surface area contributed by atoms with E-state index in [4.69, 9.17) is 0 Å². The molecule has 15 heteroatoms. The summed E-state index contributed by atoms with van der Waals surface area (Å²) in [5, 5.41) is 2.68. The summed E-state index contributed by atoms with van der Waals surface area (Å²) >= 11 is 0. The first-order valence-electron chi connectivity index (χ1n) is 8.74. The minimum absolute atomic E-state index is 0.418. The maximum Gasteiger partial charge on any atom is 0.435 e. The SMILES string of the molecule is CCS(=O)(=O)c1c(-n2ccn3nc(C(F)(F)F)cc3c2=O)nc2cc(C(F)(F)F)ccn12. The monoisotopic (exact) mass is 479 g/mol. The number of hydrogen-bond donors (Lipinski definition) is 0. The molecule has 0 fully saturated rings. The van der Waals surface area contributed by atoms with Crippen LogP contribution in [0.15, 0.2) is 46.6 Å². The van der Waals surface area contributed by atoms with Crippen LogP contribution in [0.1, 0.15) is 18.2 Å². The molecule has 0 aliphatic rings. The van der Waals surface area contributed by atoms with Gasteiger partial charge in [0.15, 0.2) is 26.4 Å². The highest BCUT2D eigenvalue weighted by atomic mass is 32.2. The first-order valence-corrected chi connectivity index (χ1v) is 10.4. The number of fused-ring (bicyclic) bond motifs is 2. The zero-order valence-corrected chi connectivity index (χ0v) is 16.6. The lowest BCUT2D eigenvalue weighted by Gasteiger charge is -2.08. The topological polar surface area (TPSA) is 90.7 Å². The van der Waals surface area contributed by atoms with E-state index in [2.05, 4.69) is 10.1 Å². The van der Waals surface area contributed by atoms with Crippen molar-refractivity contribution in [2.45, 2.75) is 24.3 Å². The zero-order valence-electron chi connectivity index (χ0n) is 15.8. The minimum atomic E-state index is -4.84. The predicted octanol–water partition coefficient (Wildman–Crippen LogP) is 2.96. The van der Waals surface area contributed by atoms with Gasteiger partial charge in [-0.05, 0) is 12.1 Å². The quantitative estimate of drug-likeness (QED) is 0.422. The summed E-state index contributed by atoms with van der Waals surface area (Å²) in [5.74, 6) is -1.02. The van der Waals surface area contributed by atoms with Crippen LogP contribution in [0.4, 0.5) is 26.3 Å². The van der Waals surface area contributed by atoms with Crippen molar-refractivity contribution in [3.63, 3.8) is 0 Å². The van der Waals surface area contributed by atoms with E-state index in [0.29, 0.717) is 27.3 Å². The van der Waals surface area contributed by atoms with Crippen molar-refractivity contribution in [1.29, 1.82) is 0 Å². The third-order valence-electron chi connectivity index (χ3n) is 4.62. The Morgan fingerprint density at radius 2 is 1.69 bits per heavy atom. The van der Waals surface area contributed by atoms with E-state index in [0.717, 1.165) is 23.0 Å². The average molecular weight is 479 g/mol. The highest BCUT2D eigenvalue weighted by Gasteiger charge is 2.35. The van der Waals surface area contributed by atoms with Gasteiger partial charge >= 0.3 is 12.4 Å².